The molecule has 0 saturated carbocycles. The van der Waals surface area contributed by atoms with E-state index in [1.54, 1.807) is 18.5 Å². The van der Waals surface area contributed by atoms with Crippen LogP contribution in [0.4, 0.5) is 5.69 Å². The van der Waals surface area contributed by atoms with Crippen molar-refractivity contribution in [2.45, 2.75) is 50.2 Å². The van der Waals surface area contributed by atoms with Crippen molar-refractivity contribution in [1.29, 1.82) is 0 Å². The number of nitrogens with one attached hydrogen (secondary N) is 2. The Kier molecular flexibility index (Phi) is 4.07. The molecule has 21 heavy (non-hydrogen) atoms. The van der Waals surface area contributed by atoms with E-state index in [0.29, 0.717) is 23.3 Å². The minimum absolute atomic E-state index is 0.0713. The summed E-state index contributed by atoms with van der Waals surface area (Å²) in [5, 5.41) is 3.17. The smallest absolute Gasteiger partial charge is 0.253 e. The highest BCUT2D eigenvalue weighted by atomic mass is 16.1. The molecule has 2 fully saturated rings. The van der Waals surface area contributed by atoms with E-state index in [9.17, 15) is 4.79 Å². The Morgan fingerprint density at radius 2 is 2.10 bits per heavy atom. The lowest BCUT2D eigenvalue weighted by Crippen LogP contribution is -2.55. The lowest BCUT2D eigenvalue weighted by atomic mass is 9.82. The second-order valence-corrected chi connectivity index (χ2v) is 6.11. The van der Waals surface area contributed by atoms with Gasteiger partial charge in [0, 0.05) is 24.3 Å². The fourth-order valence-electron chi connectivity index (χ4n) is 3.70. The zero-order valence-corrected chi connectivity index (χ0v) is 12.4. The van der Waals surface area contributed by atoms with E-state index in [4.69, 9.17) is 5.84 Å². The molecule has 2 bridgehead atoms. The summed E-state index contributed by atoms with van der Waals surface area (Å²) in [5.41, 5.74) is 3.64. The van der Waals surface area contributed by atoms with Gasteiger partial charge in [-0.15, -0.1) is 0 Å². The van der Waals surface area contributed by atoms with Crippen molar-refractivity contribution in [3.05, 3.63) is 24.0 Å². The summed E-state index contributed by atoms with van der Waals surface area (Å²) in [4.78, 5) is 18.9. The summed E-state index contributed by atoms with van der Waals surface area (Å²) in [5.74, 6) is 5.37. The van der Waals surface area contributed by atoms with Gasteiger partial charge in [0.25, 0.3) is 5.91 Å². The fraction of sp³-hybridized carbons (Fsp3) is 0.600. The Bertz CT molecular complexity index is 507. The number of rotatable bonds is 3. The number of nitrogens with two attached hydrogens (primary N) is 1. The molecule has 1 amide bonds. The second kappa shape index (κ2) is 5.99. The van der Waals surface area contributed by atoms with Gasteiger partial charge >= 0.3 is 0 Å². The first-order valence-electron chi connectivity index (χ1n) is 7.62. The SMILES string of the molecule is CN1C2CCCC1CC(NC(=O)c1ccncc1NN)C2. The number of nitrogen functional groups attached to an aromatic ring is 1. The van der Waals surface area contributed by atoms with Gasteiger partial charge in [0.1, 0.15) is 0 Å². The number of hydrogen-bond acceptors (Lipinski definition) is 5. The normalized spacial score (nSPS) is 29.0. The molecule has 4 N–H and O–H groups in total. The van der Waals surface area contributed by atoms with Crippen LogP contribution in [0.5, 0.6) is 0 Å². The average Bonchev–Trinajstić information content (AvgIpc) is 2.48. The Labute approximate surface area is 125 Å². The van der Waals surface area contributed by atoms with Crippen LogP contribution in [0.3, 0.4) is 0 Å². The molecule has 2 unspecified atom stereocenters. The Morgan fingerprint density at radius 3 is 2.76 bits per heavy atom. The van der Waals surface area contributed by atoms with Crippen molar-refractivity contribution >= 4 is 11.6 Å². The molecule has 0 spiro atoms. The van der Waals surface area contributed by atoms with Crippen LogP contribution >= 0.6 is 0 Å². The summed E-state index contributed by atoms with van der Waals surface area (Å²) < 4.78 is 0. The van der Waals surface area contributed by atoms with Gasteiger partial charge in [-0.3, -0.25) is 15.6 Å². The van der Waals surface area contributed by atoms with E-state index >= 15 is 0 Å². The molecular weight excluding hydrogens is 266 g/mol. The summed E-state index contributed by atoms with van der Waals surface area (Å²) in [7, 11) is 2.21. The number of carbonyl (C=O) groups is 1. The molecule has 2 aliphatic heterocycles. The van der Waals surface area contributed by atoms with Gasteiger partial charge in [-0.05, 0) is 38.8 Å². The zero-order valence-electron chi connectivity index (χ0n) is 12.4. The van der Waals surface area contributed by atoms with E-state index in [0.717, 1.165) is 12.8 Å². The molecular formula is C15H23N5O. The van der Waals surface area contributed by atoms with Crippen molar-refractivity contribution in [1.82, 2.24) is 15.2 Å². The Hall–Kier alpha value is -1.66. The molecule has 6 heteroatoms. The molecule has 0 radical (unpaired) electrons. The number of fused-ring (bicyclic) bond motifs is 2. The van der Waals surface area contributed by atoms with Gasteiger partial charge in [0.15, 0.2) is 0 Å². The number of pyridine rings is 1. The first-order valence-corrected chi connectivity index (χ1v) is 7.62. The third-order valence-corrected chi connectivity index (χ3v) is 4.90. The molecule has 2 aliphatic rings. The fourth-order valence-corrected chi connectivity index (χ4v) is 3.70. The molecule has 0 aliphatic carbocycles. The molecule has 2 saturated heterocycles. The zero-order chi connectivity index (χ0) is 14.8. The number of hydrogen-bond donors (Lipinski definition) is 3. The van der Waals surface area contributed by atoms with Crippen LogP contribution in [-0.4, -0.2) is 41.0 Å². The van der Waals surface area contributed by atoms with Gasteiger partial charge in [-0.1, -0.05) is 6.42 Å². The largest absolute Gasteiger partial charge is 0.349 e. The first kappa shape index (κ1) is 14.3. The topological polar surface area (TPSA) is 83.3 Å². The maximum atomic E-state index is 12.4. The van der Waals surface area contributed by atoms with E-state index in [1.807, 2.05) is 0 Å². The van der Waals surface area contributed by atoms with E-state index in [1.165, 1.54) is 19.3 Å². The number of amides is 1. The Morgan fingerprint density at radius 1 is 1.38 bits per heavy atom. The summed E-state index contributed by atoms with van der Waals surface area (Å²) in [6.45, 7) is 0. The van der Waals surface area contributed by atoms with Gasteiger partial charge in [-0.2, -0.15) is 0 Å². The quantitative estimate of drug-likeness (QED) is 0.573. The van der Waals surface area contributed by atoms with E-state index in [-0.39, 0.29) is 11.9 Å². The van der Waals surface area contributed by atoms with Crippen LogP contribution in [0.15, 0.2) is 18.5 Å². The Balaban J connectivity index is 1.68. The number of hydrazine groups is 1. The van der Waals surface area contributed by atoms with Gasteiger partial charge < -0.3 is 15.6 Å². The van der Waals surface area contributed by atoms with Crippen molar-refractivity contribution in [3.8, 4) is 0 Å². The molecule has 0 aromatic carbocycles. The lowest BCUT2D eigenvalue weighted by molar-refractivity contribution is 0.0463. The van der Waals surface area contributed by atoms with Gasteiger partial charge in [-0.25, -0.2) is 0 Å². The number of carbonyl (C=O) groups excluding carboxylic acids is 1. The number of aromatic nitrogens is 1. The highest BCUT2D eigenvalue weighted by Gasteiger charge is 2.36. The minimum atomic E-state index is -0.0713. The maximum Gasteiger partial charge on any atom is 0.253 e. The number of nitrogens with zero attached hydrogens (tertiary/aromatic N) is 2. The molecule has 6 nitrogen and oxygen atoms in total. The van der Waals surface area contributed by atoms with E-state index < -0.39 is 0 Å². The van der Waals surface area contributed by atoms with Crippen LogP contribution < -0.4 is 16.6 Å². The number of anilines is 1. The number of piperidine rings is 2. The molecule has 2 atom stereocenters. The van der Waals surface area contributed by atoms with E-state index in [2.05, 4.69) is 27.7 Å². The van der Waals surface area contributed by atoms with Crippen LogP contribution in [-0.2, 0) is 0 Å². The van der Waals surface area contributed by atoms with Crippen LogP contribution in [0.2, 0.25) is 0 Å². The molecule has 3 heterocycles. The molecule has 114 valence electrons. The van der Waals surface area contributed by atoms with Crippen molar-refractivity contribution in [3.63, 3.8) is 0 Å². The monoisotopic (exact) mass is 289 g/mol. The van der Waals surface area contributed by atoms with Crippen molar-refractivity contribution < 1.29 is 4.79 Å². The lowest BCUT2D eigenvalue weighted by Gasteiger charge is -2.47. The highest BCUT2D eigenvalue weighted by molar-refractivity contribution is 5.99. The molecule has 1 aromatic heterocycles. The second-order valence-electron chi connectivity index (χ2n) is 6.11. The van der Waals surface area contributed by atoms with Crippen molar-refractivity contribution in [2.75, 3.05) is 12.5 Å². The highest BCUT2D eigenvalue weighted by Crippen LogP contribution is 2.32. The third-order valence-electron chi connectivity index (χ3n) is 4.90. The predicted octanol–water partition coefficient (Wildman–Crippen LogP) is 1.11. The van der Waals surface area contributed by atoms with Crippen LogP contribution in [0.25, 0.3) is 0 Å². The summed E-state index contributed by atoms with van der Waals surface area (Å²) >= 11 is 0. The van der Waals surface area contributed by atoms with Crippen LogP contribution in [0.1, 0.15) is 42.5 Å². The standard InChI is InChI=1S/C15H23N5O/c1-20-11-3-2-4-12(20)8-10(7-11)18-15(21)13-5-6-17-9-14(13)19-16/h5-6,9-12,19H,2-4,7-8,16H2,1H3,(H,18,21). The molecule has 3 rings (SSSR count). The predicted molar refractivity (Wildman–Crippen MR) is 81.7 cm³/mol. The molecule has 1 aromatic rings. The minimum Gasteiger partial charge on any atom is -0.349 e. The first-order chi connectivity index (χ1) is 10.2. The summed E-state index contributed by atoms with van der Waals surface area (Å²) in [6.07, 6.45) is 9.04. The third kappa shape index (κ3) is 2.87. The van der Waals surface area contributed by atoms with Gasteiger partial charge in [0.2, 0.25) is 0 Å². The average molecular weight is 289 g/mol. The van der Waals surface area contributed by atoms with Gasteiger partial charge in [0.05, 0.1) is 17.4 Å². The van der Waals surface area contributed by atoms with Crippen LogP contribution in [0, 0.1) is 0 Å². The summed E-state index contributed by atoms with van der Waals surface area (Å²) in [6, 6.07) is 3.16. The van der Waals surface area contributed by atoms with Crippen molar-refractivity contribution in [2.24, 2.45) is 5.84 Å². The maximum absolute atomic E-state index is 12.4.